The third-order valence-corrected chi connectivity index (χ3v) is 7.52. The van der Waals surface area contributed by atoms with Gasteiger partial charge in [-0.2, -0.15) is 0 Å². The number of aromatic hydroxyl groups is 1. The minimum Gasteiger partial charge on any atom is -0.507 e. The van der Waals surface area contributed by atoms with E-state index in [1.54, 1.807) is 51.3 Å². The number of cyclic esters (lactones) is 1. The summed E-state index contributed by atoms with van der Waals surface area (Å²) in [5, 5.41) is 21.2. The SMILES string of the molecule is CO/C(C)=C/C(=O)N(C)C/C=C/CC/C=C\C=C/C[C@@H](C)c1nc(C[C@H](C)[C@@H]2OC(=O)c3c(ccc(C)c3O)[C@H]2O)co1. The number of nitrogens with zero attached hydrogens (tertiary/aromatic N) is 2. The second-order valence-electron chi connectivity index (χ2n) is 11.1. The number of methoxy groups -OCH3 is 1. The van der Waals surface area contributed by atoms with Gasteiger partial charge >= 0.3 is 5.97 Å². The Kier molecular flexibility index (Phi) is 12.4. The largest absolute Gasteiger partial charge is 0.507 e. The Morgan fingerprint density at radius 3 is 2.63 bits per heavy atom. The number of aromatic nitrogens is 1. The highest BCUT2D eigenvalue weighted by Crippen LogP contribution is 2.39. The van der Waals surface area contributed by atoms with Crippen LogP contribution >= 0.6 is 0 Å². The van der Waals surface area contributed by atoms with Gasteiger partial charge in [0.05, 0.1) is 18.6 Å². The number of ether oxygens (including phenoxy) is 2. The molecule has 2 heterocycles. The zero-order chi connectivity index (χ0) is 31.5. The molecule has 0 bridgehead atoms. The molecule has 1 amide bonds. The fourth-order valence-electron chi connectivity index (χ4n) is 4.72. The molecule has 2 N–H and O–H groups in total. The van der Waals surface area contributed by atoms with Crippen molar-refractivity contribution in [3.63, 3.8) is 0 Å². The number of carbonyl (C=O) groups excluding carboxylic acids is 2. The lowest BCUT2D eigenvalue weighted by Crippen LogP contribution is -2.37. The van der Waals surface area contributed by atoms with Crippen LogP contribution in [0.1, 0.15) is 85.1 Å². The third-order valence-electron chi connectivity index (χ3n) is 7.52. The maximum absolute atomic E-state index is 12.6. The van der Waals surface area contributed by atoms with E-state index in [1.165, 1.54) is 6.08 Å². The van der Waals surface area contributed by atoms with E-state index in [-0.39, 0.29) is 29.1 Å². The van der Waals surface area contributed by atoms with Gasteiger partial charge in [-0.3, -0.25) is 4.79 Å². The van der Waals surface area contributed by atoms with Gasteiger partial charge in [-0.05, 0) is 45.1 Å². The highest BCUT2D eigenvalue weighted by molar-refractivity contribution is 5.96. The number of unbranched alkanes of at least 4 members (excludes halogenated alkanes) is 1. The average Bonchev–Trinajstić information content (AvgIpc) is 3.45. The Labute approximate surface area is 254 Å². The van der Waals surface area contributed by atoms with Crippen LogP contribution in [0.3, 0.4) is 0 Å². The van der Waals surface area contributed by atoms with Crippen LogP contribution in [0.5, 0.6) is 5.75 Å². The average molecular weight is 593 g/mol. The number of aliphatic hydroxyl groups is 1. The number of oxazole rings is 1. The standard InChI is InChI=1S/C34H44N2O7/c1-22-16-17-27-29(30(22)38)34(40)43-32(31(27)39)24(3)19-26-21-42-33(35-26)23(2)15-13-11-9-7-8-10-12-14-18-36(5)28(37)20-25(4)41-6/h7,9,11-14,16-17,20-21,23-24,31-32,38-39H,8,10,15,18-19H2,1-6H3/b9-7-,13-11-,14-12+,25-20+/t23-,24+,31-,32+/m1/s1. The summed E-state index contributed by atoms with van der Waals surface area (Å²) in [5.74, 6) is 0.192. The summed E-state index contributed by atoms with van der Waals surface area (Å²) in [6.07, 6.45) is 16.6. The number of hydrogen-bond donors (Lipinski definition) is 2. The van der Waals surface area contributed by atoms with Crippen LogP contribution < -0.4 is 0 Å². The number of aliphatic hydroxyl groups excluding tert-OH is 1. The number of allylic oxidation sites excluding steroid dienone is 6. The highest BCUT2D eigenvalue weighted by Gasteiger charge is 2.39. The molecule has 232 valence electrons. The lowest BCUT2D eigenvalue weighted by Gasteiger charge is -2.33. The van der Waals surface area contributed by atoms with Gasteiger partial charge in [0.25, 0.3) is 0 Å². The summed E-state index contributed by atoms with van der Waals surface area (Å²) < 4.78 is 16.3. The number of esters is 1. The second kappa shape index (κ2) is 15.9. The van der Waals surface area contributed by atoms with Gasteiger partial charge in [0.15, 0.2) is 5.89 Å². The predicted molar refractivity (Wildman–Crippen MR) is 164 cm³/mol. The van der Waals surface area contributed by atoms with Gasteiger partial charge in [-0.1, -0.05) is 62.4 Å². The summed E-state index contributed by atoms with van der Waals surface area (Å²) in [4.78, 5) is 30.8. The lowest BCUT2D eigenvalue weighted by molar-refractivity contribution is -0.124. The molecular formula is C34H44N2O7. The molecule has 1 aliphatic rings. The molecule has 4 atom stereocenters. The zero-order valence-electron chi connectivity index (χ0n) is 25.9. The summed E-state index contributed by atoms with van der Waals surface area (Å²) in [5.41, 5.74) is 1.69. The van der Waals surface area contributed by atoms with Crippen LogP contribution in [-0.2, 0) is 20.7 Å². The first kappa shape index (κ1) is 33.4. The normalized spacial score (nSPS) is 18.7. The number of likely N-dealkylation sites (N-methyl/N-ethyl adjacent to an activating group) is 1. The summed E-state index contributed by atoms with van der Waals surface area (Å²) >= 11 is 0. The number of amides is 1. The molecule has 0 saturated heterocycles. The number of phenolic OH excluding ortho intramolecular Hbond substituents is 1. The van der Waals surface area contributed by atoms with Crippen LogP contribution in [0.25, 0.3) is 0 Å². The van der Waals surface area contributed by atoms with Crippen molar-refractivity contribution >= 4 is 11.9 Å². The monoisotopic (exact) mass is 592 g/mol. The first-order valence-corrected chi connectivity index (χ1v) is 14.6. The lowest BCUT2D eigenvalue weighted by atomic mass is 9.86. The van der Waals surface area contributed by atoms with E-state index >= 15 is 0 Å². The second-order valence-corrected chi connectivity index (χ2v) is 11.1. The van der Waals surface area contributed by atoms with Crippen LogP contribution in [0.2, 0.25) is 0 Å². The van der Waals surface area contributed by atoms with Crippen molar-refractivity contribution in [2.75, 3.05) is 20.7 Å². The number of phenols is 1. The molecule has 3 rings (SSSR count). The maximum Gasteiger partial charge on any atom is 0.342 e. The Morgan fingerprint density at radius 2 is 1.88 bits per heavy atom. The number of benzene rings is 1. The van der Waals surface area contributed by atoms with E-state index in [0.29, 0.717) is 35.7 Å². The highest BCUT2D eigenvalue weighted by atomic mass is 16.6. The fourth-order valence-corrected chi connectivity index (χ4v) is 4.72. The van der Waals surface area contributed by atoms with Crippen LogP contribution in [0.15, 0.2) is 71.1 Å². The Hall–Kier alpha value is -4.11. The quantitative estimate of drug-likeness (QED) is 0.0675. The van der Waals surface area contributed by atoms with Crippen LogP contribution in [-0.4, -0.2) is 58.8 Å². The predicted octanol–water partition coefficient (Wildman–Crippen LogP) is 6.09. The Balaban J connectivity index is 1.41. The van der Waals surface area contributed by atoms with Crippen molar-refractivity contribution in [3.05, 3.63) is 95.0 Å². The summed E-state index contributed by atoms with van der Waals surface area (Å²) in [7, 11) is 3.30. The van der Waals surface area contributed by atoms with Crippen LogP contribution in [0, 0.1) is 12.8 Å². The van der Waals surface area contributed by atoms with E-state index in [0.717, 1.165) is 25.0 Å². The molecule has 9 nitrogen and oxygen atoms in total. The van der Waals surface area contributed by atoms with E-state index in [4.69, 9.17) is 13.9 Å². The summed E-state index contributed by atoms with van der Waals surface area (Å²) in [6, 6.07) is 3.35. The topological polar surface area (TPSA) is 122 Å². The minimum absolute atomic E-state index is 0.0353. The molecule has 0 aliphatic carbocycles. The fraction of sp³-hybridized carbons (Fsp3) is 0.441. The molecule has 1 aromatic heterocycles. The van der Waals surface area contributed by atoms with E-state index < -0.39 is 18.2 Å². The molecule has 43 heavy (non-hydrogen) atoms. The van der Waals surface area contributed by atoms with Crippen LogP contribution in [0.4, 0.5) is 0 Å². The summed E-state index contributed by atoms with van der Waals surface area (Å²) in [6.45, 7) is 7.93. The smallest absolute Gasteiger partial charge is 0.342 e. The van der Waals surface area contributed by atoms with Crippen molar-refractivity contribution in [2.24, 2.45) is 5.92 Å². The molecular weight excluding hydrogens is 548 g/mol. The molecule has 0 saturated carbocycles. The molecule has 0 radical (unpaired) electrons. The molecule has 1 aliphatic heterocycles. The first-order valence-electron chi connectivity index (χ1n) is 14.6. The Bertz CT molecular complexity index is 1370. The molecule has 0 spiro atoms. The third kappa shape index (κ3) is 9.19. The van der Waals surface area contributed by atoms with Gasteiger partial charge in [-0.15, -0.1) is 0 Å². The molecule has 1 aromatic carbocycles. The maximum atomic E-state index is 12.6. The van der Waals surface area contributed by atoms with Gasteiger partial charge in [0, 0.05) is 37.1 Å². The molecule has 2 aromatic rings. The zero-order valence-corrected chi connectivity index (χ0v) is 25.9. The number of rotatable bonds is 14. The van der Waals surface area contributed by atoms with Gasteiger partial charge in [0.2, 0.25) is 5.91 Å². The molecule has 9 heteroatoms. The van der Waals surface area contributed by atoms with Gasteiger partial charge in [-0.25, -0.2) is 9.78 Å². The van der Waals surface area contributed by atoms with Crippen molar-refractivity contribution in [1.82, 2.24) is 9.88 Å². The van der Waals surface area contributed by atoms with E-state index in [1.807, 2.05) is 32.1 Å². The number of fused-ring (bicyclic) bond motifs is 1. The van der Waals surface area contributed by atoms with Crippen molar-refractivity contribution in [3.8, 4) is 5.75 Å². The number of carbonyl (C=O) groups is 2. The van der Waals surface area contributed by atoms with E-state index in [9.17, 15) is 19.8 Å². The minimum atomic E-state index is -1.04. The molecule has 0 unspecified atom stereocenters. The van der Waals surface area contributed by atoms with E-state index in [2.05, 4.69) is 23.2 Å². The van der Waals surface area contributed by atoms with Gasteiger partial charge in [0.1, 0.15) is 29.8 Å². The van der Waals surface area contributed by atoms with Crippen molar-refractivity contribution in [2.45, 2.75) is 71.5 Å². The molecule has 0 fully saturated rings. The number of aryl methyl sites for hydroxylation is 1. The first-order chi connectivity index (χ1) is 20.5. The number of hydrogen-bond acceptors (Lipinski definition) is 8. The van der Waals surface area contributed by atoms with Crippen molar-refractivity contribution < 1.29 is 33.7 Å². The van der Waals surface area contributed by atoms with Gasteiger partial charge < -0.3 is 29.0 Å². The Morgan fingerprint density at radius 1 is 1.16 bits per heavy atom. The van der Waals surface area contributed by atoms with Crippen molar-refractivity contribution in [1.29, 1.82) is 0 Å².